The van der Waals surface area contributed by atoms with Crippen molar-refractivity contribution in [3.8, 4) is 5.75 Å². The average molecular weight is 332 g/mol. The van der Waals surface area contributed by atoms with Crippen LogP contribution in [0, 0.1) is 6.92 Å². The highest BCUT2D eigenvalue weighted by molar-refractivity contribution is 7.99. The number of rotatable bonds is 3. The van der Waals surface area contributed by atoms with Gasteiger partial charge in [0.05, 0.1) is 18.1 Å². The summed E-state index contributed by atoms with van der Waals surface area (Å²) in [6.45, 7) is 2.11. The molecule has 4 heteroatoms. The summed E-state index contributed by atoms with van der Waals surface area (Å²) in [6, 6.07) is 18.4. The first-order valence-electron chi connectivity index (χ1n) is 7.71. The lowest BCUT2D eigenvalue weighted by molar-refractivity contribution is 0.415. The maximum Gasteiger partial charge on any atom is 0.121 e. The van der Waals surface area contributed by atoms with Gasteiger partial charge in [-0.25, -0.2) is 4.98 Å². The zero-order chi connectivity index (χ0) is 16.5. The molecule has 0 aliphatic rings. The van der Waals surface area contributed by atoms with E-state index >= 15 is 0 Å². The number of hydrogen-bond acceptors (Lipinski definition) is 4. The van der Waals surface area contributed by atoms with Crippen LogP contribution in [0.15, 0.2) is 70.7 Å². The largest absolute Gasteiger partial charge is 0.497 e. The maximum atomic E-state index is 5.32. The number of fused-ring (bicyclic) bond motifs is 2. The second-order valence-electron chi connectivity index (χ2n) is 5.59. The SMILES string of the molecule is COc1ccc2c(C)cc(Sc3cccc4cccnc34)nc2c1. The molecule has 0 atom stereocenters. The summed E-state index contributed by atoms with van der Waals surface area (Å²) < 4.78 is 5.32. The van der Waals surface area contributed by atoms with Crippen LogP contribution < -0.4 is 4.74 Å². The Morgan fingerprint density at radius 2 is 1.88 bits per heavy atom. The van der Waals surface area contributed by atoms with E-state index in [0.29, 0.717) is 0 Å². The molecule has 24 heavy (non-hydrogen) atoms. The van der Waals surface area contributed by atoms with Crippen LogP contribution in [0.25, 0.3) is 21.8 Å². The third-order valence-corrected chi connectivity index (χ3v) is 4.98. The minimum Gasteiger partial charge on any atom is -0.497 e. The minimum atomic E-state index is 0.823. The van der Waals surface area contributed by atoms with Crippen LogP contribution in [-0.2, 0) is 0 Å². The molecular formula is C20H16N2OS. The molecule has 0 fully saturated rings. The van der Waals surface area contributed by atoms with Crippen LogP contribution >= 0.6 is 11.8 Å². The molecule has 4 rings (SSSR count). The van der Waals surface area contributed by atoms with Crippen LogP contribution in [0.1, 0.15) is 5.56 Å². The van der Waals surface area contributed by atoms with Crippen LogP contribution in [-0.4, -0.2) is 17.1 Å². The first kappa shape index (κ1) is 15.0. The maximum absolute atomic E-state index is 5.32. The van der Waals surface area contributed by atoms with Crippen molar-refractivity contribution in [2.75, 3.05) is 7.11 Å². The van der Waals surface area contributed by atoms with Gasteiger partial charge in [-0.1, -0.05) is 30.0 Å². The van der Waals surface area contributed by atoms with Gasteiger partial charge >= 0.3 is 0 Å². The van der Waals surface area contributed by atoms with Gasteiger partial charge < -0.3 is 4.74 Å². The fraction of sp³-hybridized carbons (Fsp3) is 0.100. The summed E-state index contributed by atoms with van der Waals surface area (Å²) in [5, 5.41) is 3.25. The molecule has 0 N–H and O–H groups in total. The highest BCUT2D eigenvalue weighted by Gasteiger charge is 2.08. The summed E-state index contributed by atoms with van der Waals surface area (Å²) in [5.41, 5.74) is 3.17. The van der Waals surface area contributed by atoms with Crippen molar-refractivity contribution >= 4 is 33.6 Å². The molecule has 0 saturated heterocycles. The van der Waals surface area contributed by atoms with E-state index in [2.05, 4.69) is 48.3 Å². The highest BCUT2D eigenvalue weighted by Crippen LogP contribution is 2.33. The Bertz CT molecular complexity index is 1040. The Morgan fingerprint density at radius 1 is 1.00 bits per heavy atom. The summed E-state index contributed by atoms with van der Waals surface area (Å²) in [6.07, 6.45) is 1.83. The van der Waals surface area contributed by atoms with Gasteiger partial charge in [-0.05, 0) is 42.8 Å². The zero-order valence-electron chi connectivity index (χ0n) is 13.5. The Labute approximate surface area is 144 Å². The van der Waals surface area contributed by atoms with Crippen molar-refractivity contribution in [3.05, 3.63) is 66.4 Å². The van der Waals surface area contributed by atoms with E-state index in [9.17, 15) is 0 Å². The molecule has 0 radical (unpaired) electrons. The van der Waals surface area contributed by atoms with Gasteiger partial charge in [-0.3, -0.25) is 4.98 Å². The number of nitrogens with zero attached hydrogens (tertiary/aromatic N) is 2. The molecule has 0 aliphatic carbocycles. The third-order valence-electron chi connectivity index (χ3n) is 4.01. The second-order valence-corrected chi connectivity index (χ2v) is 6.66. The number of hydrogen-bond donors (Lipinski definition) is 0. The first-order chi connectivity index (χ1) is 11.7. The van der Waals surface area contributed by atoms with E-state index < -0.39 is 0 Å². The molecule has 3 nitrogen and oxygen atoms in total. The van der Waals surface area contributed by atoms with Gasteiger partial charge in [0.15, 0.2) is 0 Å². The molecule has 2 heterocycles. The molecule has 2 aromatic carbocycles. The number of methoxy groups -OCH3 is 1. The summed E-state index contributed by atoms with van der Waals surface area (Å²) >= 11 is 1.65. The van der Waals surface area contributed by atoms with Gasteiger partial charge in [0, 0.05) is 27.9 Å². The lowest BCUT2D eigenvalue weighted by atomic mass is 10.1. The molecule has 4 aromatic rings. The summed E-state index contributed by atoms with van der Waals surface area (Å²) in [7, 11) is 1.68. The van der Waals surface area contributed by atoms with E-state index in [0.717, 1.165) is 37.5 Å². The van der Waals surface area contributed by atoms with Crippen LogP contribution in [0.3, 0.4) is 0 Å². The topological polar surface area (TPSA) is 35.0 Å². The Balaban J connectivity index is 1.81. The summed E-state index contributed by atoms with van der Waals surface area (Å²) in [4.78, 5) is 10.4. The molecule has 0 unspecified atom stereocenters. The fourth-order valence-corrected chi connectivity index (χ4v) is 3.82. The molecular weight excluding hydrogens is 316 g/mol. The van der Waals surface area contributed by atoms with Crippen molar-refractivity contribution in [2.24, 2.45) is 0 Å². The quantitative estimate of drug-likeness (QED) is 0.513. The van der Waals surface area contributed by atoms with Crippen molar-refractivity contribution in [1.29, 1.82) is 0 Å². The van der Waals surface area contributed by atoms with Crippen LogP contribution in [0.5, 0.6) is 5.75 Å². The monoisotopic (exact) mass is 332 g/mol. The second kappa shape index (κ2) is 6.13. The van der Waals surface area contributed by atoms with Crippen molar-refractivity contribution in [2.45, 2.75) is 16.8 Å². The lowest BCUT2D eigenvalue weighted by Crippen LogP contribution is -1.90. The van der Waals surface area contributed by atoms with Gasteiger partial charge in [0.25, 0.3) is 0 Å². The van der Waals surface area contributed by atoms with Crippen LogP contribution in [0.2, 0.25) is 0 Å². The smallest absolute Gasteiger partial charge is 0.121 e. The molecule has 0 bridgehead atoms. The van der Waals surface area contributed by atoms with Gasteiger partial charge in [0.1, 0.15) is 10.8 Å². The van der Waals surface area contributed by atoms with Gasteiger partial charge in [-0.2, -0.15) is 0 Å². The predicted octanol–water partition coefficient (Wildman–Crippen LogP) is 5.25. The number of aryl methyl sites for hydroxylation is 1. The van der Waals surface area contributed by atoms with Crippen molar-refractivity contribution in [1.82, 2.24) is 9.97 Å². The van der Waals surface area contributed by atoms with E-state index in [1.807, 2.05) is 24.4 Å². The Kier molecular flexibility index (Phi) is 3.82. The molecule has 118 valence electrons. The van der Waals surface area contributed by atoms with Crippen LogP contribution in [0.4, 0.5) is 0 Å². The van der Waals surface area contributed by atoms with E-state index in [-0.39, 0.29) is 0 Å². The first-order valence-corrected chi connectivity index (χ1v) is 8.53. The van der Waals surface area contributed by atoms with Gasteiger partial charge in [0.2, 0.25) is 0 Å². The third kappa shape index (κ3) is 2.69. The molecule has 0 aliphatic heterocycles. The van der Waals surface area contributed by atoms with Gasteiger partial charge in [-0.15, -0.1) is 0 Å². The molecule has 2 aromatic heterocycles. The summed E-state index contributed by atoms with van der Waals surface area (Å²) in [5.74, 6) is 0.823. The van der Waals surface area contributed by atoms with E-state index in [1.165, 1.54) is 5.56 Å². The number of pyridine rings is 2. The predicted molar refractivity (Wildman–Crippen MR) is 98.9 cm³/mol. The zero-order valence-corrected chi connectivity index (χ0v) is 14.3. The number of benzene rings is 2. The average Bonchev–Trinajstić information content (AvgIpc) is 2.61. The van der Waals surface area contributed by atoms with E-state index in [4.69, 9.17) is 9.72 Å². The molecule has 0 saturated carbocycles. The Hall–Kier alpha value is -2.59. The highest BCUT2D eigenvalue weighted by atomic mass is 32.2. The molecule has 0 amide bonds. The Morgan fingerprint density at radius 3 is 2.75 bits per heavy atom. The number of para-hydroxylation sites is 1. The number of aromatic nitrogens is 2. The fourth-order valence-electron chi connectivity index (χ4n) is 2.80. The van der Waals surface area contributed by atoms with Crippen molar-refractivity contribution < 1.29 is 4.74 Å². The molecule has 0 spiro atoms. The normalized spacial score (nSPS) is 11.1. The minimum absolute atomic E-state index is 0.823. The number of ether oxygens (including phenoxy) is 1. The van der Waals surface area contributed by atoms with E-state index in [1.54, 1.807) is 18.9 Å². The lowest BCUT2D eigenvalue weighted by Gasteiger charge is -2.09. The van der Waals surface area contributed by atoms with Crippen molar-refractivity contribution in [3.63, 3.8) is 0 Å². The standard InChI is InChI=1S/C20H16N2OS/c1-13-11-19(22-17-12-15(23-2)8-9-16(13)17)24-18-7-3-5-14-6-4-10-21-20(14)18/h3-12H,1-2H3.